The van der Waals surface area contributed by atoms with E-state index in [1.54, 1.807) is 39.3 Å². The molecule has 0 spiro atoms. The van der Waals surface area contributed by atoms with Gasteiger partial charge in [0.2, 0.25) is 10.0 Å². The van der Waals surface area contributed by atoms with E-state index in [0.717, 1.165) is 5.56 Å². The van der Waals surface area contributed by atoms with Gasteiger partial charge in [-0.2, -0.15) is 0 Å². The van der Waals surface area contributed by atoms with Crippen molar-refractivity contribution in [3.63, 3.8) is 0 Å². The van der Waals surface area contributed by atoms with Gasteiger partial charge in [0, 0.05) is 24.2 Å². The highest BCUT2D eigenvalue weighted by Crippen LogP contribution is 2.23. The summed E-state index contributed by atoms with van der Waals surface area (Å²) >= 11 is 0. The van der Waals surface area contributed by atoms with Gasteiger partial charge in [-0.3, -0.25) is 4.79 Å². The summed E-state index contributed by atoms with van der Waals surface area (Å²) in [6, 6.07) is 11.1. The minimum Gasteiger partial charge on any atom is -0.497 e. The number of hydrogen-bond acceptors (Lipinski definition) is 5. The Morgan fingerprint density at radius 2 is 1.73 bits per heavy atom. The Labute approximate surface area is 153 Å². The molecule has 0 heterocycles. The second kappa shape index (κ2) is 8.68. The predicted octanol–water partition coefficient (Wildman–Crippen LogP) is 1.93. The van der Waals surface area contributed by atoms with Crippen molar-refractivity contribution in [2.45, 2.75) is 18.4 Å². The third kappa shape index (κ3) is 4.74. The first-order valence-electron chi connectivity index (χ1n) is 8.00. The molecule has 0 aromatic heterocycles. The van der Waals surface area contributed by atoms with Crippen LogP contribution in [0.25, 0.3) is 0 Å². The maximum Gasteiger partial charge on any atom is 0.251 e. The highest BCUT2D eigenvalue weighted by molar-refractivity contribution is 7.89. The molecule has 0 bridgehead atoms. The Hall–Kier alpha value is -2.58. The number of rotatable bonds is 8. The normalized spacial score (nSPS) is 11.0. The first kappa shape index (κ1) is 19.7. The van der Waals surface area contributed by atoms with Crippen LogP contribution in [0.1, 0.15) is 22.8 Å². The van der Waals surface area contributed by atoms with Crippen LogP contribution in [0.15, 0.2) is 47.4 Å². The summed E-state index contributed by atoms with van der Waals surface area (Å²) in [5.74, 6) is 0.980. The van der Waals surface area contributed by atoms with E-state index in [1.165, 1.54) is 24.3 Å². The summed E-state index contributed by atoms with van der Waals surface area (Å²) in [7, 11) is -0.422. The molecule has 0 fully saturated rings. The fraction of sp³-hybridized carbons (Fsp3) is 0.278. The number of carbonyl (C=O) groups is 1. The molecule has 0 unspecified atom stereocenters. The molecule has 0 aliphatic carbocycles. The van der Waals surface area contributed by atoms with Crippen molar-refractivity contribution < 1.29 is 22.7 Å². The van der Waals surface area contributed by atoms with Crippen LogP contribution < -0.4 is 19.5 Å². The fourth-order valence-electron chi connectivity index (χ4n) is 2.36. The Bertz CT molecular complexity index is 864. The van der Waals surface area contributed by atoms with Crippen molar-refractivity contribution in [3.8, 4) is 11.5 Å². The van der Waals surface area contributed by atoms with E-state index >= 15 is 0 Å². The van der Waals surface area contributed by atoms with Crippen molar-refractivity contribution in [2.24, 2.45) is 0 Å². The molecule has 1 amide bonds. The van der Waals surface area contributed by atoms with Gasteiger partial charge >= 0.3 is 0 Å². The maximum absolute atomic E-state index is 12.3. The van der Waals surface area contributed by atoms with Crippen molar-refractivity contribution in [1.82, 2.24) is 10.0 Å². The zero-order valence-electron chi connectivity index (χ0n) is 14.9. The van der Waals surface area contributed by atoms with E-state index in [1.807, 2.05) is 0 Å². The van der Waals surface area contributed by atoms with Crippen molar-refractivity contribution in [1.29, 1.82) is 0 Å². The average molecular weight is 378 g/mol. The molecule has 0 radical (unpaired) electrons. The van der Waals surface area contributed by atoms with Gasteiger partial charge in [0.15, 0.2) is 0 Å². The molecule has 2 N–H and O–H groups in total. The van der Waals surface area contributed by atoms with E-state index in [-0.39, 0.29) is 17.3 Å². The zero-order valence-corrected chi connectivity index (χ0v) is 15.7. The topological polar surface area (TPSA) is 93.7 Å². The molecule has 7 nitrogen and oxygen atoms in total. The highest BCUT2D eigenvalue weighted by Gasteiger charge is 2.14. The molecule has 0 aliphatic heterocycles. The molecular weight excluding hydrogens is 356 g/mol. The van der Waals surface area contributed by atoms with Gasteiger partial charge in [-0.25, -0.2) is 13.1 Å². The van der Waals surface area contributed by atoms with E-state index in [4.69, 9.17) is 9.47 Å². The quantitative estimate of drug-likeness (QED) is 0.732. The molecule has 26 heavy (non-hydrogen) atoms. The number of carbonyl (C=O) groups excluding carboxylic acids is 1. The molecule has 0 aliphatic rings. The van der Waals surface area contributed by atoms with Crippen molar-refractivity contribution in [2.75, 3.05) is 20.8 Å². The van der Waals surface area contributed by atoms with Crippen LogP contribution in [0.2, 0.25) is 0 Å². The lowest BCUT2D eigenvalue weighted by molar-refractivity contribution is 0.0950. The van der Waals surface area contributed by atoms with Crippen LogP contribution in [-0.2, 0) is 16.6 Å². The smallest absolute Gasteiger partial charge is 0.251 e. The van der Waals surface area contributed by atoms with Crippen LogP contribution >= 0.6 is 0 Å². The van der Waals surface area contributed by atoms with Crippen LogP contribution in [0.3, 0.4) is 0 Å². The van der Waals surface area contributed by atoms with E-state index in [2.05, 4.69) is 10.0 Å². The zero-order chi connectivity index (χ0) is 19.2. The summed E-state index contributed by atoms with van der Waals surface area (Å²) in [5, 5.41) is 2.79. The molecule has 2 aromatic rings. The Morgan fingerprint density at radius 1 is 1.04 bits per heavy atom. The van der Waals surface area contributed by atoms with E-state index in [0.29, 0.717) is 23.6 Å². The summed E-state index contributed by atoms with van der Waals surface area (Å²) in [6.07, 6.45) is 0. The summed E-state index contributed by atoms with van der Waals surface area (Å²) < 4.78 is 36.7. The standard InChI is InChI=1S/C18H22N2O5S/c1-4-20-26(22,23)16-8-5-13(6-9-16)18(21)19-12-14-11-15(24-2)7-10-17(14)25-3/h5-11,20H,4,12H2,1-3H3,(H,19,21). The van der Waals surface area contributed by atoms with E-state index < -0.39 is 10.0 Å². The molecule has 140 valence electrons. The van der Waals surface area contributed by atoms with Gasteiger partial charge in [-0.15, -0.1) is 0 Å². The monoisotopic (exact) mass is 378 g/mol. The SMILES string of the molecule is CCNS(=O)(=O)c1ccc(C(=O)NCc2cc(OC)ccc2OC)cc1. The predicted molar refractivity (Wildman–Crippen MR) is 98.0 cm³/mol. The first-order valence-corrected chi connectivity index (χ1v) is 9.48. The molecule has 0 saturated heterocycles. The first-order chi connectivity index (χ1) is 12.4. The third-order valence-electron chi connectivity index (χ3n) is 3.69. The number of benzene rings is 2. The lowest BCUT2D eigenvalue weighted by Gasteiger charge is -2.12. The minimum absolute atomic E-state index is 0.116. The van der Waals surface area contributed by atoms with Gasteiger partial charge in [0.25, 0.3) is 5.91 Å². The Kier molecular flexibility index (Phi) is 6.59. The van der Waals surface area contributed by atoms with Crippen LogP contribution in [0.5, 0.6) is 11.5 Å². The van der Waals surface area contributed by atoms with Crippen LogP contribution in [-0.4, -0.2) is 35.1 Å². The molecule has 0 saturated carbocycles. The molecule has 0 atom stereocenters. The fourth-order valence-corrected chi connectivity index (χ4v) is 3.40. The second-order valence-electron chi connectivity index (χ2n) is 5.39. The summed E-state index contributed by atoms with van der Waals surface area (Å²) in [6.45, 7) is 2.25. The van der Waals surface area contributed by atoms with Crippen molar-refractivity contribution in [3.05, 3.63) is 53.6 Å². The third-order valence-corrected chi connectivity index (χ3v) is 5.25. The minimum atomic E-state index is -3.54. The number of methoxy groups -OCH3 is 2. The second-order valence-corrected chi connectivity index (χ2v) is 7.15. The van der Waals surface area contributed by atoms with Gasteiger partial charge in [-0.1, -0.05) is 6.92 Å². The van der Waals surface area contributed by atoms with Crippen molar-refractivity contribution >= 4 is 15.9 Å². The molecule has 2 rings (SSSR count). The summed E-state index contributed by atoms with van der Waals surface area (Å²) in [5.41, 5.74) is 1.13. The number of hydrogen-bond donors (Lipinski definition) is 2. The summed E-state index contributed by atoms with van der Waals surface area (Å²) in [4.78, 5) is 12.4. The number of nitrogens with one attached hydrogen (secondary N) is 2. The lowest BCUT2D eigenvalue weighted by Crippen LogP contribution is -2.24. The number of sulfonamides is 1. The van der Waals surface area contributed by atoms with Gasteiger partial charge < -0.3 is 14.8 Å². The molecule has 8 heteroatoms. The van der Waals surface area contributed by atoms with Gasteiger partial charge in [-0.05, 0) is 42.5 Å². The Morgan fingerprint density at radius 3 is 2.31 bits per heavy atom. The average Bonchev–Trinajstić information content (AvgIpc) is 2.65. The largest absolute Gasteiger partial charge is 0.497 e. The Balaban J connectivity index is 2.09. The van der Waals surface area contributed by atoms with Crippen LogP contribution in [0, 0.1) is 0 Å². The number of ether oxygens (including phenoxy) is 2. The molecular formula is C18H22N2O5S. The van der Waals surface area contributed by atoms with E-state index in [9.17, 15) is 13.2 Å². The van der Waals surface area contributed by atoms with Gasteiger partial charge in [0.1, 0.15) is 11.5 Å². The molecule has 2 aromatic carbocycles. The van der Waals surface area contributed by atoms with Crippen LogP contribution in [0.4, 0.5) is 0 Å². The maximum atomic E-state index is 12.3. The van der Waals surface area contributed by atoms with Gasteiger partial charge in [0.05, 0.1) is 19.1 Å². The number of amides is 1. The lowest BCUT2D eigenvalue weighted by atomic mass is 10.1. The highest BCUT2D eigenvalue weighted by atomic mass is 32.2.